The average molecular weight is 274 g/mol. The van der Waals surface area contributed by atoms with E-state index in [1.807, 2.05) is 0 Å². The van der Waals surface area contributed by atoms with Crippen molar-refractivity contribution in [2.24, 2.45) is 0 Å². The Morgan fingerprint density at radius 2 is 2.00 bits per heavy atom. The standard InChI is InChI=1S/C18H30N2/c1-4-13-20(14-18-7-5-6-12-19-18)16(3)17-10-8-15(2)9-11-17/h8-11,16,18-19H,4-7,12-14H2,1-3H3. The van der Waals surface area contributed by atoms with Crippen molar-refractivity contribution < 1.29 is 0 Å². The van der Waals surface area contributed by atoms with Crippen molar-refractivity contribution in [3.63, 3.8) is 0 Å². The molecule has 2 nitrogen and oxygen atoms in total. The molecule has 2 heteroatoms. The summed E-state index contributed by atoms with van der Waals surface area (Å²) in [6.07, 6.45) is 5.29. The first-order chi connectivity index (χ1) is 9.70. The molecule has 0 aliphatic carbocycles. The third kappa shape index (κ3) is 4.32. The number of rotatable bonds is 6. The molecule has 1 aliphatic rings. The van der Waals surface area contributed by atoms with Crippen LogP contribution in [0.5, 0.6) is 0 Å². The molecule has 2 unspecified atom stereocenters. The monoisotopic (exact) mass is 274 g/mol. The smallest absolute Gasteiger partial charge is 0.0320 e. The molecular weight excluding hydrogens is 244 g/mol. The van der Waals surface area contributed by atoms with E-state index in [2.05, 4.69) is 55.3 Å². The summed E-state index contributed by atoms with van der Waals surface area (Å²) in [6, 6.07) is 10.2. The molecule has 0 spiro atoms. The first-order valence-corrected chi connectivity index (χ1v) is 8.24. The molecule has 0 amide bonds. The van der Waals surface area contributed by atoms with E-state index in [-0.39, 0.29) is 0 Å². The fourth-order valence-electron chi connectivity index (χ4n) is 3.15. The number of nitrogens with one attached hydrogen (secondary N) is 1. The van der Waals surface area contributed by atoms with Crippen LogP contribution in [0.15, 0.2) is 24.3 Å². The van der Waals surface area contributed by atoms with Crippen LogP contribution in [-0.2, 0) is 0 Å². The van der Waals surface area contributed by atoms with Crippen molar-refractivity contribution in [3.05, 3.63) is 35.4 Å². The van der Waals surface area contributed by atoms with Crippen molar-refractivity contribution in [3.8, 4) is 0 Å². The Balaban J connectivity index is 2.00. The predicted molar refractivity (Wildman–Crippen MR) is 87.1 cm³/mol. The minimum absolute atomic E-state index is 0.513. The van der Waals surface area contributed by atoms with Crippen molar-refractivity contribution in [1.82, 2.24) is 10.2 Å². The second-order valence-corrected chi connectivity index (χ2v) is 6.23. The summed E-state index contributed by atoms with van der Waals surface area (Å²) in [4.78, 5) is 2.65. The lowest BCUT2D eigenvalue weighted by atomic mass is 10.0. The van der Waals surface area contributed by atoms with Gasteiger partial charge in [0, 0.05) is 18.6 Å². The lowest BCUT2D eigenvalue weighted by Crippen LogP contribution is -2.44. The van der Waals surface area contributed by atoms with E-state index in [1.165, 1.54) is 56.4 Å². The molecule has 0 radical (unpaired) electrons. The number of piperidine rings is 1. The molecule has 1 aromatic rings. The van der Waals surface area contributed by atoms with Gasteiger partial charge in [0.25, 0.3) is 0 Å². The maximum absolute atomic E-state index is 3.68. The Morgan fingerprint density at radius 1 is 1.25 bits per heavy atom. The van der Waals surface area contributed by atoms with Gasteiger partial charge < -0.3 is 5.32 Å². The molecule has 0 aromatic heterocycles. The van der Waals surface area contributed by atoms with Crippen molar-refractivity contribution >= 4 is 0 Å². The Kier molecular flexibility index (Phi) is 6.06. The largest absolute Gasteiger partial charge is 0.313 e. The second-order valence-electron chi connectivity index (χ2n) is 6.23. The van der Waals surface area contributed by atoms with Crippen molar-refractivity contribution in [1.29, 1.82) is 0 Å². The van der Waals surface area contributed by atoms with E-state index < -0.39 is 0 Å². The minimum Gasteiger partial charge on any atom is -0.313 e. The van der Waals surface area contributed by atoms with Crippen LogP contribution in [0.25, 0.3) is 0 Å². The second kappa shape index (κ2) is 7.80. The maximum atomic E-state index is 3.68. The topological polar surface area (TPSA) is 15.3 Å². The predicted octanol–water partition coefficient (Wildman–Crippen LogP) is 3.91. The summed E-state index contributed by atoms with van der Waals surface area (Å²) in [7, 11) is 0. The maximum Gasteiger partial charge on any atom is 0.0320 e. The summed E-state index contributed by atoms with van der Waals surface area (Å²) in [5.74, 6) is 0. The summed E-state index contributed by atoms with van der Waals surface area (Å²) >= 11 is 0. The van der Waals surface area contributed by atoms with Crippen LogP contribution in [0.4, 0.5) is 0 Å². The number of aryl methyl sites for hydroxylation is 1. The fraction of sp³-hybridized carbons (Fsp3) is 0.667. The van der Waals surface area contributed by atoms with Crippen LogP contribution in [0, 0.1) is 6.92 Å². The van der Waals surface area contributed by atoms with E-state index in [0.717, 1.165) is 0 Å². The Bertz CT molecular complexity index is 379. The summed E-state index contributed by atoms with van der Waals surface area (Å²) in [5, 5.41) is 3.68. The lowest BCUT2D eigenvalue weighted by molar-refractivity contribution is 0.176. The number of benzene rings is 1. The van der Waals surface area contributed by atoms with Crippen LogP contribution in [0.2, 0.25) is 0 Å². The molecule has 1 aliphatic heterocycles. The van der Waals surface area contributed by atoms with Gasteiger partial charge in [0.1, 0.15) is 0 Å². The zero-order valence-electron chi connectivity index (χ0n) is 13.4. The molecule has 2 rings (SSSR count). The third-order valence-electron chi connectivity index (χ3n) is 4.49. The van der Waals surface area contributed by atoms with Gasteiger partial charge in [-0.3, -0.25) is 4.90 Å². The number of nitrogens with zero attached hydrogens (tertiary/aromatic N) is 1. The van der Waals surface area contributed by atoms with Gasteiger partial charge in [0.05, 0.1) is 0 Å². The molecule has 20 heavy (non-hydrogen) atoms. The summed E-state index contributed by atoms with van der Waals surface area (Å²) < 4.78 is 0. The van der Waals surface area contributed by atoms with E-state index in [9.17, 15) is 0 Å². The number of hydrogen-bond acceptors (Lipinski definition) is 2. The lowest BCUT2D eigenvalue weighted by Gasteiger charge is -2.34. The molecule has 0 saturated carbocycles. The highest BCUT2D eigenvalue weighted by molar-refractivity contribution is 5.23. The highest BCUT2D eigenvalue weighted by atomic mass is 15.2. The zero-order chi connectivity index (χ0) is 14.4. The third-order valence-corrected chi connectivity index (χ3v) is 4.49. The zero-order valence-corrected chi connectivity index (χ0v) is 13.4. The summed E-state index contributed by atoms with van der Waals surface area (Å²) in [5.41, 5.74) is 2.79. The highest BCUT2D eigenvalue weighted by Crippen LogP contribution is 2.22. The van der Waals surface area contributed by atoms with Gasteiger partial charge in [-0.1, -0.05) is 43.2 Å². The Hall–Kier alpha value is -0.860. The average Bonchev–Trinajstić information content (AvgIpc) is 2.48. The van der Waals surface area contributed by atoms with Gasteiger partial charge in [-0.05, 0) is 51.8 Å². The fourth-order valence-corrected chi connectivity index (χ4v) is 3.15. The van der Waals surface area contributed by atoms with Crippen molar-refractivity contribution in [2.75, 3.05) is 19.6 Å². The van der Waals surface area contributed by atoms with Gasteiger partial charge >= 0.3 is 0 Å². The minimum atomic E-state index is 0.513. The van der Waals surface area contributed by atoms with Gasteiger partial charge in [0.15, 0.2) is 0 Å². The van der Waals surface area contributed by atoms with Gasteiger partial charge in [-0.2, -0.15) is 0 Å². The van der Waals surface area contributed by atoms with E-state index in [1.54, 1.807) is 0 Å². The van der Waals surface area contributed by atoms with Gasteiger partial charge in [0.2, 0.25) is 0 Å². The SMILES string of the molecule is CCCN(CC1CCCCN1)C(C)c1ccc(C)cc1. The number of hydrogen-bond donors (Lipinski definition) is 1. The molecule has 1 saturated heterocycles. The van der Waals surface area contributed by atoms with E-state index in [4.69, 9.17) is 0 Å². The van der Waals surface area contributed by atoms with Gasteiger partial charge in [-0.15, -0.1) is 0 Å². The molecule has 112 valence electrons. The molecule has 1 aromatic carbocycles. The van der Waals surface area contributed by atoms with Crippen molar-refractivity contribution in [2.45, 2.75) is 58.5 Å². The molecule has 0 bridgehead atoms. The van der Waals surface area contributed by atoms with Gasteiger partial charge in [-0.25, -0.2) is 0 Å². The molecular formula is C18H30N2. The van der Waals surface area contributed by atoms with Crippen LogP contribution in [0.1, 0.15) is 56.7 Å². The first kappa shape index (κ1) is 15.5. The molecule has 2 atom stereocenters. The summed E-state index contributed by atoms with van der Waals surface area (Å²) in [6.45, 7) is 10.4. The van der Waals surface area contributed by atoms with Crippen LogP contribution in [0.3, 0.4) is 0 Å². The normalized spacial score (nSPS) is 21.1. The van der Waals surface area contributed by atoms with E-state index >= 15 is 0 Å². The van der Waals surface area contributed by atoms with Crippen LogP contribution < -0.4 is 5.32 Å². The Labute approximate surface area is 124 Å². The van der Waals surface area contributed by atoms with Crippen LogP contribution in [-0.4, -0.2) is 30.6 Å². The molecule has 1 N–H and O–H groups in total. The van der Waals surface area contributed by atoms with E-state index in [0.29, 0.717) is 12.1 Å². The van der Waals surface area contributed by atoms with Crippen LogP contribution >= 0.6 is 0 Å². The Morgan fingerprint density at radius 3 is 2.60 bits per heavy atom. The quantitative estimate of drug-likeness (QED) is 0.846. The first-order valence-electron chi connectivity index (χ1n) is 8.24. The highest BCUT2D eigenvalue weighted by Gasteiger charge is 2.20. The molecule has 1 heterocycles. The molecule has 1 fully saturated rings.